The minimum atomic E-state index is 0. The van der Waals surface area contributed by atoms with E-state index < -0.39 is 0 Å². The van der Waals surface area contributed by atoms with E-state index >= 15 is 0 Å². The summed E-state index contributed by atoms with van der Waals surface area (Å²) in [5.74, 6) is 0. The first-order valence-electron chi connectivity index (χ1n) is 5.43. The molecule has 0 N–H and O–H groups in total. The van der Waals surface area contributed by atoms with E-state index in [-0.39, 0.29) is 14.9 Å². The van der Waals surface area contributed by atoms with Crippen molar-refractivity contribution < 1.29 is 0 Å². The molecule has 0 spiro atoms. The van der Waals surface area contributed by atoms with Crippen LogP contribution in [0.2, 0.25) is 0 Å². The molecule has 0 amide bonds. The Hall–Kier alpha value is -0.780. The second-order valence-corrected chi connectivity index (χ2v) is 4.25. The van der Waals surface area contributed by atoms with Crippen molar-refractivity contribution in [2.45, 2.75) is 59.3 Å². The number of hydrogen-bond acceptors (Lipinski definition) is 0. The predicted octanol–water partition coefficient (Wildman–Crippen LogP) is 5.18. The first kappa shape index (κ1) is 14.2. The standard InChI is InChI=1S/C13H18.2CH4/c1-2-9-13(10-6-11-13)12-7-4-3-5-8-12;;/h3-5,7-8H,2,6,9-11H2,1H3;2*1H4. The first-order chi connectivity index (χ1) is 6.37. The first-order valence-corrected chi connectivity index (χ1v) is 5.43. The molecule has 0 nitrogen and oxygen atoms in total. The van der Waals surface area contributed by atoms with Gasteiger partial charge < -0.3 is 0 Å². The Kier molecular flexibility index (Phi) is 5.64. The Morgan fingerprint density at radius 2 is 1.67 bits per heavy atom. The van der Waals surface area contributed by atoms with Crippen LogP contribution in [-0.4, -0.2) is 0 Å². The van der Waals surface area contributed by atoms with Crippen molar-refractivity contribution >= 4 is 0 Å². The zero-order chi connectivity index (χ0) is 9.15. The topological polar surface area (TPSA) is 0 Å². The van der Waals surface area contributed by atoms with Gasteiger partial charge in [-0.15, -0.1) is 0 Å². The molecule has 0 unspecified atom stereocenters. The lowest BCUT2D eigenvalue weighted by atomic mass is 9.62. The van der Waals surface area contributed by atoms with Crippen LogP contribution in [0.5, 0.6) is 0 Å². The molecule has 0 aliphatic heterocycles. The fourth-order valence-corrected chi connectivity index (χ4v) is 2.56. The molecule has 1 aromatic rings. The average Bonchev–Trinajstić information content (AvgIpc) is 2.13. The Morgan fingerprint density at radius 3 is 2.07 bits per heavy atom. The smallest absolute Gasteiger partial charge is 0.00471 e. The molecule has 1 aliphatic rings. The third-order valence-corrected chi connectivity index (χ3v) is 3.43. The van der Waals surface area contributed by atoms with Gasteiger partial charge in [0.1, 0.15) is 0 Å². The molecule has 0 atom stereocenters. The summed E-state index contributed by atoms with van der Waals surface area (Å²) in [4.78, 5) is 0. The molecule has 0 aromatic heterocycles. The average molecular weight is 206 g/mol. The molecule has 1 fully saturated rings. The van der Waals surface area contributed by atoms with Crippen LogP contribution in [0.1, 0.15) is 59.4 Å². The molecule has 1 saturated carbocycles. The summed E-state index contributed by atoms with van der Waals surface area (Å²) in [6.07, 6.45) is 6.93. The highest BCUT2D eigenvalue weighted by molar-refractivity contribution is 5.27. The minimum Gasteiger partial charge on any atom is -0.0776 e. The Balaban J connectivity index is 0.000000980. The summed E-state index contributed by atoms with van der Waals surface area (Å²) in [6.45, 7) is 2.29. The molecule has 0 heteroatoms. The highest BCUT2D eigenvalue weighted by Crippen LogP contribution is 2.46. The monoisotopic (exact) mass is 206 g/mol. The van der Waals surface area contributed by atoms with Gasteiger partial charge in [-0.05, 0) is 30.2 Å². The number of rotatable bonds is 3. The third-order valence-electron chi connectivity index (χ3n) is 3.43. The van der Waals surface area contributed by atoms with Crippen LogP contribution >= 0.6 is 0 Å². The lowest BCUT2D eigenvalue weighted by Crippen LogP contribution is -2.33. The van der Waals surface area contributed by atoms with Gasteiger partial charge in [0.15, 0.2) is 0 Å². The van der Waals surface area contributed by atoms with Crippen LogP contribution in [0.15, 0.2) is 30.3 Å². The summed E-state index contributed by atoms with van der Waals surface area (Å²) in [6, 6.07) is 11.1. The van der Waals surface area contributed by atoms with Gasteiger partial charge in [0.2, 0.25) is 0 Å². The molecule has 1 aromatic carbocycles. The normalized spacial score (nSPS) is 16.9. The molecule has 0 heterocycles. The predicted molar refractivity (Wildman–Crippen MR) is 70.3 cm³/mol. The molecular formula is C15H26. The summed E-state index contributed by atoms with van der Waals surface area (Å²) in [5.41, 5.74) is 2.14. The largest absolute Gasteiger partial charge is 0.0776 e. The van der Waals surface area contributed by atoms with Crippen LogP contribution < -0.4 is 0 Å². The van der Waals surface area contributed by atoms with Crippen molar-refractivity contribution in [3.63, 3.8) is 0 Å². The van der Waals surface area contributed by atoms with E-state index in [2.05, 4.69) is 37.3 Å². The van der Waals surface area contributed by atoms with E-state index in [0.29, 0.717) is 5.41 Å². The number of benzene rings is 1. The molecule has 0 bridgehead atoms. The summed E-state index contributed by atoms with van der Waals surface area (Å²) < 4.78 is 0. The van der Waals surface area contributed by atoms with E-state index in [1.807, 2.05) is 0 Å². The zero-order valence-electron chi connectivity index (χ0n) is 8.42. The van der Waals surface area contributed by atoms with Gasteiger partial charge in [-0.2, -0.15) is 0 Å². The van der Waals surface area contributed by atoms with Crippen molar-refractivity contribution in [1.82, 2.24) is 0 Å². The molecule has 15 heavy (non-hydrogen) atoms. The van der Waals surface area contributed by atoms with E-state index in [0.717, 1.165) is 0 Å². The molecule has 1 aliphatic carbocycles. The van der Waals surface area contributed by atoms with Gasteiger partial charge in [0, 0.05) is 0 Å². The second kappa shape index (κ2) is 5.95. The van der Waals surface area contributed by atoms with Crippen LogP contribution in [0.3, 0.4) is 0 Å². The van der Waals surface area contributed by atoms with Gasteiger partial charge in [-0.3, -0.25) is 0 Å². The molecule has 86 valence electrons. The Morgan fingerprint density at radius 1 is 1.07 bits per heavy atom. The molecule has 0 saturated heterocycles. The maximum Gasteiger partial charge on any atom is -0.00471 e. The van der Waals surface area contributed by atoms with Gasteiger partial charge in [-0.1, -0.05) is 65.0 Å². The fourth-order valence-electron chi connectivity index (χ4n) is 2.56. The maximum atomic E-state index is 2.30. The molecule has 0 radical (unpaired) electrons. The Bertz CT molecular complexity index is 257. The highest BCUT2D eigenvalue weighted by atomic mass is 14.4. The Labute approximate surface area is 95.7 Å². The van der Waals surface area contributed by atoms with Gasteiger partial charge in [0.25, 0.3) is 0 Å². The second-order valence-electron chi connectivity index (χ2n) is 4.25. The van der Waals surface area contributed by atoms with Crippen LogP contribution in [-0.2, 0) is 5.41 Å². The maximum absolute atomic E-state index is 2.30. The van der Waals surface area contributed by atoms with Crippen LogP contribution in [0, 0.1) is 0 Å². The SMILES string of the molecule is C.C.CCCC1(c2ccccc2)CCC1. The van der Waals surface area contributed by atoms with Crippen molar-refractivity contribution in [1.29, 1.82) is 0 Å². The summed E-state index contributed by atoms with van der Waals surface area (Å²) >= 11 is 0. The van der Waals surface area contributed by atoms with Crippen molar-refractivity contribution in [3.8, 4) is 0 Å². The van der Waals surface area contributed by atoms with Gasteiger partial charge >= 0.3 is 0 Å². The van der Waals surface area contributed by atoms with E-state index in [1.54, 1.807) is 5.56 Å². The van der Waals surface area contributed by atoms with E-state index in [1.165, 1.54) is 32.1 Å². The fraction of sp³-hybridized carbons (Fsp3) is 0.600. The van der Waals surface area contributed by atoms with Crippen LogP contribution in [0.25, 0.3) is 0 Å². The van der Waals surface area contributed by atoms with Crippen molar-refractivity contribution in [2.24, 2.45) is 0 Å². The summed E-state index contributed by atoms with van der Waals surface area (Å²) in [7, 11) is 0. The van der Waals surface area contributed by atoms with E-state index in [4.69, 9.17) is 0 Å². The van der Waals surface area contributed by atoms with Gasteiger partial charge in [-0.25, -0.2) is 0 Å². The molecular weight excluding hydrogens is 180 g/mol. The lowest BCUT2D eigenvalue weighted by molar-refractivity contribution is 0.224. The summed E-state index contributed by atoms with van der Waals surface area (Å²) in [5, 5.41) is 0. The van der Waals surface area contributed by atoms with Crippen LogP contribution in [0.4, 0.5) is 0 Å². The quantitative estimate of drug-likeness (QED) is 0.639. The number of hydrogen-bond donors (Lipinski definition) is 0. The highest BCUT2D eigenvalue weighted by Gasteiger charge is 2.37. The third kappa shape index (κ3) is 2.62. The lowest BCUT2D eigenvalue weighted by Gasteiger charge is -2.42. The zero-order valence-corrected chi connectivity index (χ0v) is 8.42. The molecule has 2 rings (SSSR count). The minimum absolute atomic E-state index is 0. The van der Waals surface area contributed by atoms with Crippen molar-refractivity contribution in [2.75, 3.05) is 0 Å². The van der Waals surface area contributed by atoms with E-state index in [9.17, 15) is 0 Å². The van der Waals surface area contributed by atoms with Gasteiger partial charge in [0.05, 0.1) is 0 Å². The van der Waals surface area contributed by atoms with Crippen molar-refractivity contribution in [3.05, 3.63) is 35.9 Å².